The van der Waals surface area contributed by atoms with Crippen LogP contribution in [0.25, 0.3) is 11.3 Å². The van der Waals surface area contributed by atoms with Crippen molar-refractivity contribution in [2.24, 2.45) is 0 Å². The quantitative estimate of drug-likeness (QED) is 0.701. The monoisotopic (exact) mass is 352 g/mol. The summed E-state index contributed by atoms with van der Waals surface area (Å²) in [5.41, 5.74) is 11.5. The number of nitrogens with two attached hydrogens (primary N) is 1. The summed E-state index contributed by atoms with van der Waals surface area (Å²) in [7, 11) is 0. The van der Waals surface area contributed by atoms with Crippen molar-refractivity contribution >= 4 is 23.4 Å². The van der Waals surface area contributed by atoms with E-state index in [1.165, 1.54) is 16.7 Å². The first-order valence-corrected chi connectivity index (χ1v) is 8.60. The molecule has 0 amide bonds. The lowest BCUT2D eigenvalue weighted by atomic mass is 10.0. The van der Waals surface area contributed by atoms with Gasteiger partial charge >= 0.3 is 0 Å². The number of nitrogens with zero attached hydrogens (tertiary/aromatic N) is 2. The molecular formula is C20H21ClN4. The van der Waals surface area contributed by atoms with Crippen LogP contribution in [0.4, 0.5) is 11.8 Å². The molecular weight excluding hydrogens is 332 g/mol. The molecule has 25 heavy (non-hydrogen) atoms. The second-order valence-electron chi connectivity index (χ2n) is 6.05. The fourth-order valence-corrected chi connectivity index (χ4v) is 2.83. The highest BCUT2D eigenvalue weighted by molar-refractivity contribution is 6.30. The zero-order valence-electron chi connectivity index (χ0n) is 14.4. The standard InChI is InChI=1S/C20H21ClN4/c1-13-4-3-5-17(14(13)2)18-12-19(25-20(22)24-18)23-11-10-15-6-8-16(21)9-7-15/h3-9,12H,10-11H2,1-2H3,(H3,22,23,24,25). The molecule has 0 atom stereocenters. The SMILES string of the molecule is Cc1cccc(-c2cc(NCCc3ccc(Cl)cc3)nc(N)n2)c1C. The Morgan fingerprint density at radius 1 is 1.04 bits per heavy atom. The fraction of sp³-hybridized carbons (Fsp3) is 0.200. The van der Waals surface area contributed by atoms with E-state index in [0.717, 1.165) is 35.1 Å². The second kappa shape index (κ2) is 7.53. The van der Waals surface area contributed by atoms with Crippen molar-refractivity contribution < 1.29 is 0 Å². The number of halogens is 1. The number of rotatable bonds is 5. The minimum atomic E-state index is 0.271. The maximum atomic E-state index is 5.91. The van der Waals surface area contributed by atoms with Crippen LogP contribution in [0.3, 0.4) is 0 Å². The van der Waals surface area contributed by atoms with Gasteiger partial charge in [-0.1, -0.05) is 41.9 Å². The van der Waals surface area contributed by atoms with Gasteiger partial charge in [-0.2, -0.15) is 4.98 Å². The molecule has 4 nitrogen and oxygen atoms in total. The topological polar surface area (TPSA) is 63.8 Å². The number of hydrogen-bond acceptors (Lipinski definition) is 4. The van der Waals surface area contributed by atoms with Gasteiger partial charge in [0.25, 0.3) is 0 Å². The van der Waals surface area contributed by atoms with Crippen LogP contribution in [-0.4, -0.2) is 16.5 Å². The van der Waals surface area contributed by atoms with Crippen LogP contribution in [0.1, 0.15) is 16.7 Å². The van der Waals surface area contributed by atoms with E-state index in [1.54, 1.807) is 0 Å². The molecule has 0 bridgehead atoms. The minimum Gasteiger partial charge on any atom is -0.370 e. The molecule has 2 aromatic carbocycles. The van der Waals surface area contributed by atoms with Crippen molar-refractivity contribution in [1.82, 2.24) is 9.97 Å². The lowest BCUT2D eigenvalue weighted by Crippen LogP contribution is -2.08. The molecule has 0 aliphatic rings. The Morgan fingerprint density at radius 2 is 1.80 bits per heavy atom. The van der Waals surface area contributed by atoms with Gasteiger partial charge in [-0.15, -0.1) is 0 Å². The van der Waals surface area contributed by atoms with Crippen LogP contribution < -0.4 is 11.1 Å². The van der Waals surface area contributed by atoms with E-state index in [4.69, 9.17) is 17.3 Å². The molecule has 3 aromatic rings. The van der Waals surface area contributed by atoms with E-state index in [1.807, 2.05) is 36.4 Å². The molecule has 1 aromatic heterocycles. The fourth-order valence-electron chi connectivity index (χ4n) is 2.71. The van der Waals surface area contributed by atoms with Crippen LogP contribution in [0.5, 0.6) is 0 Å². The maximum absolute atomic E-state index is 5.91. The van der Waals surface area contributed by atoms with Gasteiger partial charge in [-0.05, 0) is 49.1 Å². The van der Waals surface area contributed by atoms with Crippen molar-refractivity contribution in [3.8, 4) is 11.3 Å². The second-order valence-corrected chi connectivity index (χ2v) is 6.48. The molecule has 0 saturated heterocycles. The molecule has 0 aliphatic heterocycles. The summed E-state index contributed by atoms with van der Waals surface area (Å²) in [6, 6.07) is 16.0. The summed E-state index contributed by atoms with van der Waals surface area (Å²) in [5, 5.41) is 4.08. The molecule has 0 unspecified atom stereocenters. The zero-order chi connectivity index (χ0) is 17.8. The molecule has 3 rings (SSSR count). The summed E-state index contributed by atoms with van der Waals surface area (Å²) in [6.45, 7) is 4.94. The Labute approximate surface area is 153 Å². The first-order chi connectivity index (χ1) is 12.0. The lowest BCUT2D eigenvalue weighted by Gasteiger charge is -2.11. The Balaban J connectivity index is 1.75. The van der Waals surface area contributed by atoms with Gasteiger partial charge in [-0.25, -0.2) is 4.98 Å². The van der Waals surface area contributed by atoms with Gasteiger partial charge in [0.1, 0.15) is 5.82 Å². The summed E-state index contributed by atoms with van der Waals surface area (Å²) in [6.07, 6.45) is 0.875. The third-order valence-corrected chi connectivity index (χ3v) is 4.51. The summed E-state index contributed by atoms with van der Waals surface area (Å²) >= 11 is 5.91. The zero-order valence-corrected chi connectivity index (χ0v) is 15.1. The van der Waals surface area contributed by atoms with Crippen LogP contribution >= 0.6 is 11.6 Å². The highest BCUT2D eigenvalue weighted by atomic mass is 35.5. The Kier molecular flexibility index (Phi) is 5.19. The Bertz CT molecular complexity index is 875. The number of aromatic nitrogens is 2. The maximum Gasteiger partial charge on any atom is 0.222 e. The summed E-state index contributed by atoms with van der Waals surface area (Å²) in [4.78, 5) is 8.69. The predicted molar refractivity (Wildman–Crippen MR) is 105 cm³/mol. The van der Waals surface area contributed by atoms with Crippen LogP contribution in [0.15, 0.2) is 48.5 Å². The van der Waals surface area contributed by atoms with Gasteiger partial charge in [0.2, 0.25) is 5.95 Å². The molecule has 5 heteroatoms. The highest BCUT2D eigenvalue weighted by Gasteiger charge is 2.08. The van der Waals surface area contributed by atoms with E-state index in [2.05, 4.69) is 41.3 Å². The average Bonchev–Trinajstić information content (AvgIpc) is 2.59. The normalized spacial score (nSPS) is 10.7. The number of hydrogen-bond donors (Lipinski definition) is 2. The molecule has 0 radical (unpaired) electrons. The third kappa shape index (κ3) is 4.28. The number of benzene rings is 2. The highest BCUT2D eigenvalue weighted by Crippen LogP contribution is 2.26. The van der Waals surface area contributed by atoms with Gasteiger partial charge in [0.15, 0.2) is 0 Å². The van der Waals surface area contributed by atoms with E-state index in [-0.39, 0.29) is 5.95 Å². The molecule has 0 fully saturated rings. The average molecular weight is 353 g/mol. The van der Waals surface area contributed by atoms with Crippen molar-refractivity contribution in [3.05, 3.63) is 70.2 Å². The van der Waals surface area contributed by atoms with Crippen molar-refractivity contribution in [2.45, 2.75) is 20.3 Å². The summed E-state index contributed by atoms with van der Waals surface area (Å²) < 4.78 is 0. The molecule has 1 heterocycles. The number of nitrogens with one attached hydrogen (secondary N) is 1. The molecule has 0 aliphatic carbocycles. The number of anilines is 2. The number of nitrogen functional groups attached to an aromatic ring is 1. The lowest BCUT2D eigenvalue weighted by molar-refractivity contribution is 1.00. The predicted octanol–water partition coefficient (Wildman–Crippen LogP) is 4.65. The third-order valence-electron chi connectivity index (χ3n) is 4.26. The summed E-state index contributed by atoms with van der Waals surface area (Å²) in [5.74, 6) is 1.00. The largest absolute Gasteiger partial charge is 0.370 e. The Hall–Kier alpha value is -2.59. The van der Waals surface area contributed by atoms with Crippen LogP contribution in [0.2, 0.25) is 5.02 Å². The van der Waals surface area contributed by atoms with E-state index < -0.39 is 0 Å². The van der Waals surface area contributed by atoms with E-state index in [0.29, 0.717) is 0 Å². The molecule has 128 valence electrons. The number of aryl methyl sites for hydroxylation is 1. The van der Waals surface area contributed by atoms with Crippen molar-refractivity contribution in [2.75, 3.05) is 17.6 Å². The van der Waals surface area contributed by atoms with Crippen LogP contribution in [-0.2, 0) is 6.42 Å². The molecule has 0 saturated carbocycles. The Morgan fingerprint density at radius 3 is 2.56 bits per heavy atom. The minimum absolute atomic E-state index is 0.271. The van der Waals surface area contributed by atoms with Crippen LogP contribution in [0, 0.1) is 13.8 Å². The van der Waals surface area contributed by atoms with Crippen molar-refractivity contribution in [1.29, 1.82) is 0 Å². The van der Waals surface area contributed by atoms with Crippen molar-refractivity contribution in [3.63, 3.8) is 0 Å². The van der Waals surface area contributed by atoms with E-state index in [9.17, 15) is 0 Å². The van der Waals surface area contributed by atoms with Gasteiger partial charge in [0.05, 0.1) is 5.69 Å². The van der Waals surface area contributed by atoms with Gasteiger partial charge in [-0.3, -0.25) is 0 Å². The first-order valence-electron chi connectivity index (χ1n) is 8.22. The molecule has 3 N–H and O–H groups in total. The van der Waals surface area contributed by atoms with Gasteiger partial charge < -0.3 is 11.1 Å². The van der Waals surface area contributed by atoms with E-state index >= 15 is 0 Å². The van der Waals surface area contributed by atoms with Gasteiger partial charge in [0, 0.05) is 23.2 Å². The molecule has 0 spiro atoms. The first kappa shape index (κ1) is 17.2. The smallest absolute Gasteiger partial charge is 0.222 e.